The van der Waals surface area contributed by atoms with Crippen LogP contribution in [0.4, 0.5) is 10.5 Å². The van der Waals surface area contributed by atoms with Crippen LogP contribution >= 0.6 is 0 Å². The predicted octanol–water partition coefficient (Wildman–Crippen LogP) is 2.81. The highest BCUT2D eigenvalue weighted by Crippen LogP contribution is 2.41. The number of imide groups is 1. The van der Waals surface area contributed by atoms with Crippen molar-refractivity contribution >= 4 is 34.4 Å². The molecule has 1 atom stereocenters. The number of hydrogen-bond donors (Lipinski definition) is 3. The molecule has 1 aliphatic heterocycles. The summed E-state index contributed by atoms with van der Waals surface area (Å²) >= 11 is 0. The summed E-state index contributed by atoms with van der Waals surface area (Å²) in [6, 6.07) is 14.6. The maximum Gasteiger partial charge on any atom is 0.325 e. The van der Waals surface area contributed by atoms with Gasteiger partial charge in [0.2, 0.25) is 5.91 Å². The lowest BCUT2D eigenvalue weighted by Crippen LogP contribution is -2.42. The molecule has 1 aromatic heterocycles. The lowest BCUT2D eigenvalue weighted by molar-refractivity contribution is -0.134. The molecule has 1 fully saturated rings. The molecule has 7 nitrogen and oxygen atoms in total. The number of aromatic nitrogens is 1. The monoisotopic (exact) mass is 388 g/mol. The number of benzene rings is 2. The third-order valence-corrected chi connectivity index (χ3v) is 5.76. The van der Waals surface area contributed by atoms with E-state index in [-0.39, 0.29) is 12.5 Å². The number of carbonyl (C=O) groups is 3. The van der Waals surface area contributed by atoms with E-state index in [1.807, 2.05) is 49.4 Å². The molecule has 0 radical (unpaired) electrons. The minimum absolute atomic E-state index is 0.321. The number of amides is 4. The number of hydrogen-bond acceptors (Lipinski definition) is 3. The van der Waals surface area contributed by atoms with Crippen molar-refractivity contribution in [3.8, 4) is 0 Å². The van der Waals surface area contributed by atoms with Crippen molar-refractivity contribution in [1.82, 2.24) is 15.2 Å². The zero-order chi connectivity index (χ0) is 20.2. The molecule has 3 aromatic rings. The van der Waals surface area contributed by atoms with Crippen molar-refractivity contribution < 1.29 is 14.4 Å². The number of nitrogens with one attached hydrogen (secondary N) is 3. The SMILES string of the molecule is Cc1cc2cc(NC(=O)CN3C(=O)NC4(CCc5ccccc54)C3=O)ccc2[nH]1. The molecule has 0 bridgehead atoms. The fourth-order valence-corrected chi connectivity index (χ4v) is 4.43. The summed E-state index contributed by atoms with van der Waals surface area (Å²) in [5.74, 6) is -0.775. The number of nitrogens with zero attached hydrogens (tertiary/aromatic N) is 1. The standard InChI is InChI=1S/C22H20N4O3/c1-13-10-15-11-16(6-7-18(15)23-13)24-19(27)12-26-20(28)22(25-21(26)29)9-8-14-4-2-3-5-17(14)22/h2-7,10-11,23H,8-9,12H2,1H3,(H,24,27)(H,25,29). The summed E-state index contributed by atoms with van der Waals surface area (Å²) < 4.78 is 0. The summed E-state index contributed by atoms with van der Waals surface area (Å²) in [7, 11) is 0. The molecule has 29 heavy (non-hydrogen) atoms. The zero-order valence-electron chi connectivity index (χ0n) is 15.9. The van der Waals surface area contributed by atoms with Crippen LogP contribution in [0.1, 0.15) is 23.2 Å². The molecular formula is C22H20N4O3. The first-order valence-electron chi connectivity index (χ1n) is 9.58. The van der Waals surface area contributed by atoms with Gasteiger partial charge in [-0.3, -0.25) is 14.5 Å². The molecule has 146 valence electrons. The van der Waals surface area contributed by atoms with E-state index >= 15 is 0 Å². The van der Waals surface area contributed by atoms with Crippen LogP contribution in [0, 0.1) is 6.92 Å². The molecule has 3 N–H and O–H groups in total. The molecule has 1 saturated heterocycles. The van der Waals surface area contributed by atoms with Gasteiger partial charge >= 0.3 is 6.03 Å². The number of urea groups is 1. The number of carbonyl (C=O) groups excluding carboxylic acids is 3. The Hall–Kier alpha value is -3.61. The molecule has 2 heterocycles. The molecular weight excluding hydrogens is 368 g/mol. The Bertz CT molecular complexity index is 1180. The van der Waals surface area contributed by atoms with Crippen molar-refractivity contribution in [1.29, 1.82) is 0 Å². The Kier molecular flexibility index (Phi) is 3.74. The second kappa shape index (κ2) is 6.20. The van der Waals surface area contributed by atoms with E-state index < -0.39 is 17.5 Å². The van der Waals surface area contributed by atoms with Crippen molar-refractivity contribution in [3.05, 3.63) is 65.4 Å². The fourth-order valence-electron chi connectivity index (χ4n) is 4.43. The van der Waals surface area contributed by atoms with E-state index in [0.717, 1.165) is 39.0 Å². The number of H-pyrrole nitrogens is 1. The highest BCUT2D eigenvalue weighted by atomic mass is 16.2. The zero-order valence-corrected chi connectivity index (χ0v) is 15.9. The van der Waals surface area contributed by atoms with E-state index in [0.29, 0.717) is 12.1 Å². The van der Waals surface area contributed by atoms with Gasteiger partial charge in [-0.1, -0.05) is 24.3 Å². The molecule has 1 aliphatic carbocycles. The third kappa shape index (κ3) is 2.69. The van der Waals surface area contributed by atoms with Crippen molar-refractivity contribution in [2.45, 2.75) is 25.3 Å². The number of rotatable bonds is 3. The molecule has 1 spiro atoms. The van der Waals surface area contributed by atoms with Crippen LogP contribution in [0.2, 0.25) is 0 Å². The van der Waals surface area contributed by atoms with Crippen LogP contribution in [0.3, 0.4) is 0 Å². The Labute approximate surface area is 167 Å². The summed E-state index contributed by atoms with van der Waals surface area (Å²) in [5, 5.41) is 6.60. The number of anilines is 1. The normalized spacial score (nSPS) is 20.4. The van der Waals surface area contributed by atoms with Gasteiger partial charge in [-0.25, -0.2) is 4.79 Å². The summed E-state index contributed by atoms with van der Waals surface area (Å²) in [5.41, 5.74) is 3.48. The van der Waals surface area contributed by atoms with Crippen LogP contribution in [0.5, 0.6) is 0 Å². The van der Waals surface area contributed by atoms with Crippen molar-refractivity contribution in [3.63, 3.8) is 0 Å². The van der Waals surface area contributed by atoms with Crippen LogP contribution < -0.4 is 10.6 Å². The van der Waals surface area contributed by atoms with Crippen molar-refractivity contribution in [2.75, 3.05) is 11.9 Å². The number of aryl methyl sites for hydroxylation is 2. The first kappa shape index (κ1) is 17.5. The van der Waals surface area contributed by atoms with Gasteiger partial charge in [-0.05, 0) is 55.2 Å². The average molecular weight is 388 g/mol. The van der Waals surface area contributed by atoms with Gasteiger partial charge in [0.1, 0.15) is 12.1 Å². The Morgan fingerprint density at radius 3 is 2.86 bits per heavy atom. The maximum atomic E-state index is 13.1. The molecule has 1 unspecified atom stereocenters. The van der Waals surface area contributed by atoms with E-state index in [2.05, 4.69) is 15.6 Å². The van der Waals surface area contributed by atoms with Crippen LogP contribution in [0.15, 0.2) is 48.5 Å². The number of aromatic amines is 1. The van der Waals surface area contributed by atoms with E-state index in [4.69, 9.17) is 0 Å². The molecule has 0 saturated carbocycles. The Balaban J connectivity index is 1.34. The highest BCUT2D eigenvalue weighted by molar-refractivity contribution is 6.11. The second-order valence-electron chi connectivity index (χ2n) is 7.69. The summed E-state index contributed by atoms with van der Waals surface area (Å²) in [4.78, 5) is 42.5. The first-order valence-corrected chi connectivity index (χ1v) is 9.58. The number of fused-ring (bicyclic) bond motifs is 3. The van der Waals surface area contributed by atoms with Gasteiger partial charge in [0.25, 0.3) is 5.91 Å². The van der Waals surface area contributed by atoms with E-state index in [9.17, 15) is 14.4 Å². The minimum Gasteiger partial charge on any atom is -0.359 e. The third-order valence-electron chi connectivity index (χ3n) is 5.76. The molecule has 4 amide bonds. The van der Waals surface area contributed by atoms with Crippen molar-refractivity contribution in [2.24, 2.45) is 0 Å². The summed E-state index contributed by atoms with van der Waals surface area (Å²) in [6.07, 6.45) is 1.23. The first-order chi connectivity index (χ1) is 14.0. The summed E-state index contributed by atoms with van der Waals surface area (Å²) in [6.45, 7) is 1.64. The minimum atomic E-state index is -1.05. The quantitative estimate of drug-likeness (QED) is 0.602. The van der Waals surface area contributed by atoms with Gasteiger partial charge in [-0.2, -0.15) is 0 Å². The van der Waals surface area contributed by atoms with Gasteiger partial charge in [0.05, 0.1) is 0 Å². The average Bonchev–Trinajstić information content (AvgIpc) is 3.32. The highest BCUT2D eigenvalue weighted by Gasteiger charge is 2.55. The molecule has 7 heteroatoms. The van der Waals surface area contributed by atoms with Crippen LogP contribution in [-0.2, 0) is 21.5 Å². The maximum absolute atomic E-state index is 13.1. The second-order valence-corrected chi connectivity index (χ2v) is 7.69. The smallest absolute Gasteiger partial charge is 0.325 e. The van der Waals surface area contributed by atoms with Crippen LogP contribution in [-0.4, -0.2) is 34.3 Å². The molecule has 2 aromatic carbocycles. The molecule has 5 rings (SSSR count). The van der Waals surface area contributed by atoms with Gasteiger partial charge in [0.15, 0.2) is 0 Å². The molecule has 2 aliphatic rings. The Morgan fingerprint density at radius 1 is 1.17 bits per heavy atom. The lowest BCUT2D eigenvalue weighted by atomic mass is 9.92. The largest absolute Gasteiger partial charge is 0.359 e. The van der Waals surface area contributed by atoms with Gasteiger partial charge in [-0.15, -0.1) is 0 Å². The van der Waals surface area contributed by atoms with Gasteiger partial charge < -0.3 is 15.6 Å². The topological polar surface area (TPSA) is 94.3 Å². The predicted molar refractivity (Wildman–Crippen MR) is 108 cm³/mol. The lowest BCUT2D eigenvalue weighted by Gasteiger charge is -2.22. The fraction of sp³-hybridized carbons (Fsp3) is 0.227. The van der Waals surface area contributed by atoms with E-state index in [1.165, 1.54) is 0 Å². The van der Waals surface area contributed by atoms with Crippen LogP contribution in [0.25, 0.3) is 10.9 Å². The van der Waals surface area contributed by atoms with Gasteiger partial charge in [0, 0.05) is 22.3 Å². The van der Waals surface area contributed by atoms with E-state index in [1.54, 1.807) is 6.07 Å². The Morgan fingerprint density at radius 2 is 2.00 bits per heavy atom.